The molecule has 0 aromatic carbocycles. The molecule has 0 bridgehead atoms. The Labute approximate surface area is 470 Å². The first-order chi connectivity index (χ1) is 37.3. The van der Waals surface area contributed by atoms with Crippen LogP contribution in [-0.4, -0.2) is 87.5 Å². The number of aliphatic hydroxyl groups is 5. The molecule has 0 aliphatic carbocycles. The molecule has 0 aromatic heterocycles. The first-order valence-corrected chi connectivity index (χ1v) is 33.5. The van der Waals surface area contributed by atoms with Gasteiger partial charge in [0, 0.05) is 6.42 Å². The molecule has 1 aliphatic heterocycles. The van der Waals surface area contributed by atoms with Gasteiger partial charge in [0.2, 0.25) is 5.91 Å². The van der Waals surface area contributed by atoms with E-state index >= 15 is 0 Å². The van der Waals surface area contributed by atoms with Crippen LogP contribution in [0.1, 0.15) is 341 Å². The molecule has 0 spiro atoms. The zero-order valence-electron chi connectivity index (χ0n) is 50.3. The van der Waals surface area contributed by atoms with Crippen LogP contribution in [0.25, 0.3) is 0 Å². The molecule has 1 saturated heterocycles. The summed E-state index contributed by atoms with van der Waals surface area (Å²) >= 11 is 0. The van der Waals surface area contributed by atoms with Crippen LogP contribution in [0.4, 0.5) is 0 Å². The van der Waals surface area contributed by atoms with Gasteiger partial charge in [-0.1, -0.05) is 314 Å². The molecule has 7 atom stereocenters. The minimum atomic E-state index is -1.55. The number of carbonyl (C=O) groups excluding carboxylic acids is 1. The van der Waals surface area contributed by atoms with E-state index in [1.165, 1.54) is 270 Å². The molecule has 1 fully saturated rings. The molecule has 6 N–H and O–H groups in total. The third-order valence-electron chi connectivity index (χ3n) is 16.3. The first-order valence-electron chi connectivity index (χ1n) is 33.5. The zero-order valence-corrected chi connectivity index (χ0v) is 50.3. The van der Waals surface area contributed by atoms with Crippen LogP contribution < -0.4 is 5.32 Å². The fourth-order valence-corrected chi connectivity index (χ4v) is 11.0. The van der Waals surface area contributed by atoms with Gasteiger partial charge in [-0.2, -0.15) is 0 Å². The van der Waals surface area contributed by atoms with Crippen LogP contribution >= 0.6 is 0 Å². The minimum absolute atomic E-state index is 0.135. The molecule has 9 nitrogen and oxygen atoms in total. The van der Waals surface area contributed by atoms with Crippen molar-refractivity contribution < 1.29 is 39.8 Å². The number of carbonyl (C=O) groups is 1. The number of hydrogen-bond acceptors (Lipinski definition) is 8. The second kappa shape index (κ2) is 56.9. The second-order valence-electron chi connectivity index (χ2n) is 23.6. The predicted molar refractivity (Wildman–Crippen MR) is 323 cm³/mol. The van der Waals surface area contributed by atoms with Gasteiger partial charge in [-0.3, -0.25) is 4.79 Å². The molecule has 0 saturated carbocycles. The Kier molecular flexibility index (Phi) is 54.4. The van der Waals surface area contributed by atoms with Gasteiger partial charge in [0.1, 0.15) is 24.4 Å². The predicted octanol–water partition coefficient (Wildman–Crippen LogP) is 17.7. The quantitative estimate of drug-likeness (QED) is 0.0261. The van der Waals surface area contributed by atoms with E-state index in [0.29, 0.717) is 12.8 Å². The average molecular weight is 1080 g/mol. The number of allylic oxidation sites excluding steroid dienone is 4. The third kappa shape index (κ3) is 45.4. The van der Waals surface area contributed by atoms with E-state index < -0.39 is 49.5 Å². The smallest absolute Gasteiger partial charge is 0.220 e. The van der Waals surface area contributed by atoms with Crippen molar-refractivity contribution in [2.45, 2.75) is 384 Å². The van der Waals surface area contributed by atoms with Gasteiger partial charge in [-0.25, -0.2) is 0 Å². The van der Waals surface area contributed by atoms with E-state index in [1.807, 2.05) is 0 Å². The minimum Gasteiger partial charge on any atom is -0.394 e. The van der Waals surface area contributed by atoms with Crippen molar-refractivity contribution in [3.8, 4) is 0 Å². The SMILES string of the molecule is CCCCCCC/C=C\C/C=C\CCCCCCCCCCCCCCCC(=O)NC(COC1OC(CO)C(O)C(O)C1O)C(O)CCCCCCCCCCCCCCCCCCCCCCCCCCCCCC. The molecule has 76 heavy (non-hydrogen) atoms. The summed E-state index contributed by atoms with van der Waals surface area (Å²) in [6.45, 7) is 3.88. The summed E-state index contributed by atoms with van der Waals surface area (Å²) in [6.07, 6.45) is 66.6. The highest BCUT2D eigenvalue weighted by Gasteiger charge is 2.44. The fourth-order valence-electron chi connectivity index (χ4n) is 11.0. The van der Waals surface area contributed by atoms with Gasteiger partial charge < -0.3 is 40.3 Å². The van der Waals surface area contributed by atoms with E-state index in [2.05, 4.69) is 43.5 Å². The van der Waals surface area contributed by atoms with Gasteiger partial charge >= 0.3 is 0 Å². The van der Waals surface area contributed by atoms with E-state index in [1.54, 1.807) is 0 Å². The number of unbranched alkanes of at least 4 members (excludes halogenated alkanes) is 45. The highest BCUT2D eigenvalue weighted by Crippen LogP contribution is 2.24. The van der Waals surface area contributed by atoms with Gasteiger partial charge in [0.05, 0.1) is 25.4 Å². The Morgan fingerprint density at radius 3 is 1.13 bits per heavy atom. The Morgan fingerprint density at radius 2 is 0.776 bits per heavy atom. The standard InChI is InChI=1S/C67H129NO8/c1-3-5-7-9-11-13-15-17-19-21-23-25-27-29-30-31-33-34-36-38-40-42-44-46-48-50-52-54-56-61(70)60(59-75-67-66(74)65(73)64(72)62(58-69)76-67)68-63(71)57-55-53-51-49-47-45-43-41-39-37-35-32-28-26-24-22-20-18-16-14-12-10-8-6-4-2/h16,18,22,24,60-62,64-67,69-70,72-74H,3-15,17,19-21,23,25-59H2,1-2H3,(H,68,71)/b18-16-,24-22-. The molecule has 1 heterocycles. The molecule has 1 rings (SSSR count). The van der Waals surface area contributed by atoms with E-state index in [9.17, 15) is 30.3 Å². The average Bonchev–Trinajstić information content (AvgIpc) is 3.42. The number of hydrogen-bond donors (Lipinski definition) is 6. The number of ether oxygens (including phenoxy) is 2. The van der Waals surface area contributed by atoms with Gasteiger partial charge in [-0.15, -0.1) is 0 Å². The maximum absolute atomic E-state index is 13.1. The molecule has 450 valence electrons. The van der Waals surface area contributed by atoms with Crippen LogP contribution in [-0.2, 0) is 14.3 Å². The summed E-state index contributed by atoms with van der Waals surface area (Å²) in [4.78, 5) is 13.1. The topological polar surface area (TPSA) is 149 Å². The van der Waals surface area contributed by atoms with E-state index in [-0.39, 0.29) is 12.5 Å². The van der Waals surface area contributed by atoms with E-state index in [4.69, 9.17) is 9.47 Å². The van der Waals surface area contributed by atoms with Crippen molar-refractivity contribution in [3.63, 3.8) is 0 Å². The van der Waals surface area contributed by atoms with Crippen molar-refractivity contribution in [1.82, 2.24) is 5.32 Å². The van der Waals surface area contributed by atoms with Crippen molar-refractivity contribution in [2.24, 2.45) is 0 Å². The molecule has 7 unspecified atom stereocenters. The molecular formula is C67H129NO8. The van der Waals surface area contributed by atoms with Crippen molar-refractivity contribution in [1.29, 1.82) is 0 Å². The zero-order chi connectivity index (χ0) is 55.0. The lowest BCUT2D eigenvalue weighted by Gasteiger charge is -2.40. The lowest BCUT2D eigenvalue weighted by Crippen LogP contribution is -2.60. The van der Waals surface area contributed by atoms with Gasteiger partial charge in [0.15, 0.2) is 6.29 Å². The van der Waals surface area contributed by atoms with Crippen LogP contribution in [0.5, 0.6) is 0 Å². The van der Waals surface area contributed by atoms with Crippen LogP contribution in [0, 0.1) is 0 Å². The van der Waals surface area contributed by atoms with E-state index in [0.717, 1.165) is 44.9 Å². The summed E-state index contributed by atoms with van der Waals surface area (Å²) in [5.41, 5.74) is 0. The van der Waals surface area contributed by atoms with Crippen LogP contribution in [0.2, 0.25) is 0 Å². The van der Waals surface area contributed by atoms with Gasteiger partial charge in [-0.05, 0) is 44.9 Å². The summed E-state index contributed by atoms with van der Waals surface area (Å²) in [5, 5.41) is 54.9. The maximum Gasteiger partial charge on any atom is 0.220 e. The second-order valence-corrected chi connectivity index (χ2v) is 23.6. The molecule has 9 heteroatoms. The maximum atomic E-state index is 13.1. The number of nitrogens with one attached hydrogen (secondary N) is 1. The van der Waals surface area contributed by atoms with Gasteiger partial charge in [0.25, 0.3) is 0 Å². The summed E-state index contributed by atoms with van der Waals surface area (Å²) in [5.74, 6) is -0.139. The summed E-state index contributed by atoms with van der Waals surface area (Å²) in [6, 6.07) is -0.719. The number of amides is 1. The Balaban J connectivity index is 2.13. The van der Waals surface area contributed by atoms with Crippen molar-refractivity contribution in [3.05, 3.63) is 24.3 Å². The normalized spacial score (nSPS) is 18.9. The Morgan fingerprint density at radius 1 is 0.447 bits per heavy atom. The summed E-state index contributed by atoms with van der Waals surface area (Å²) in [7, 11) is 0. The van der Waals surface area contributed by atoms with Crippen LogP contribution in [0.15, 0.2) is 24.3 Å². The largest absolute Gasteiger partial charge is 0.394 e. The number of rotatable bonds is 59. The summed E-state index contributed by atoms with van der Waals surface area (Å²) < 4.78 is 11.4. The number of aliphatic hydroxyl groups excluding tert-OH is 5. The van der Waals surface area contributed by atoms with Crippen LogP contribution in [0.3, 0.4) is 0 Å². The molecule has 1 aliphatic rings. The molecule has 0 aromatic rings. The molecule has 0 radical (unpaired) electrons. The Bertz CT molecular complexity index is 1250. The Hall–Kier alpha value is -1.33. The lowest BCUT2D eigenvalue weighted by molar-refractivity contribution is -0.302. The molecular weight excluding hydrogens is 947 g/mol. The first kappa shape index (κ1) is 72.7. The fraction of sp³-hybridized carbons (Fsp3) is 0.925. The highest BCUT2D eigenvalue weighted by molar-refractivity contribution is 5.76. The lowest BCUT2D eigenvalue weighted by atomic mass is 9.99. The molecule has 1 amide bonds. The third-order valence-corrected chi connectivity index (χ3v) is 16.3. The monoisotopic (exact) mass is 1080 g/mol. The van der Waals surface area contributed by atoms with Crippen molar-refractivity contribution >= 4 is 5.91 Å². The highest BCUT2D eigenvalue weighted by atomic mass is 16.7. The van der Waals surface area contributed by atoms with Crippen molar-refractivity contribution in [2.75, 3.05) is 13.2 Å².